The van der Waals surface area contributed by atoms with Crippen LogP contribution in [0, 0.1) is 11.3 Å². The highest BCUT2D eigenvalue weighted by Gasteiger charge is 2.19. The lowest BCUT2D eigenvalue weighted by Gasteiger charge is -2.00. The highest BCUT2D eigenvalue weighted by molar-refractivity contribution is 5.74. The van der Waals surface area contributed by atoms with E-state index in [0.29, 0.717) is 17.6 Å². The Bertz CT molecular complexity index is 585. The zero-order chi connectivity index (χ0) is 12.6. The molecule has 3 heteroatoms. The van der Waals surface area contributed by atoms with Crippen LogP contribution < -0.4 is 4.57 Å². The van der Waals surface area contributed by atoms with Gasteiger partial charge >= 0.3 is 0 Å². The molecule has 0 spiro atoms. The van der Waals surface area contributed by atoms with Crippen LogP contribution in [0.1, 0.15) is 45.3 Å². The number of hydrogen-bond donors (Lipinski definition) is 0. The molecule has 0 amide bonds. The van der Waals surface area contributed by atoms with Crippen molar-refractivity contribution >= 4 is 11.0 Å². The predicted octanol–water partition coefficient (Wildman–Crippen LogP) is 2.96. The third-order valence-corrected chi connectivity index (χ3v) is 3.02. The van der Waals surface area contributed by atoms with E-state index in [1.54, 1.807) is 0 Å². The van der Waals surface area contributed by atoms with Gasteiger partial charge in [-0.3, -0.25) is 0 Å². The van der Waals surface area contributed by atoms with Crippen LogP contribution in [0.15, 0.2) is 24.5 Å². The van der Waals surface area contributed by atoms with Gasteiger partial charge in [-0.2, -0.15) is 5.26 Å². The van der Waals surface area contributed by atoms with Crippen molar-refractivity contribution in [3.8, 4) is 6.07 Å². The van der Waals surface area contributed by atoms with Crippen LogP contribution in [0.25, 0.3) is 11.0 Å². The smallest absolute Gasteiger partial charge is 0.228 e. The minimum absolute atomic E-state index is 0.395. The maximum absolute atomic E-state index is 8.98. The molecule has 3 nitrogen and oxygen atoms in total. The van der Waals surface area contributed by atoms with Gasteiger partial charge < -0.3 is 0 Å². The Hall–Kier alpha value is -1.82. The quantitative estimate of drug-likeness (QED) is 0.727. The minimum atomic E-state index is 0.395. The monoisotopic (exact) mass is 228 g/mol. The van der Waals surface area contributed by atoms with Gasteiger partial charge in [0.25, 0.3) is 0 Å². The summed E-state index contributed by atoms with van der Waals surface area (Å²) in [4.78, 5) is 0. The molecule has 0 atom stereocenters. The van der Waals surface area contributed by atoms with Gasteiger partial charge in [-0.25, -0.2) is 9.13 Å². The minimum Gasteiger partial charge on any atom is -0.228 e. The van der Waals surface area contributed by atoms with Crippen molar-refractivity contribution in [1.82, 2.24) is 4.57 Å². The van der Waals surface area contributed by atoms with Crippen LogP contribution in [0.2, 0.25) is 0 Å². The van der Waals surface area contributed by atoms with Crippen molar-refractivity contribution in [2.75, 3.05) is 0 Å². The van der Waals surface area contributed by atoms with Gasteiger partial charge in [-0.1, -0.05) is 0 Å². The summed E-state index contributed by atoms with van der Waals surface area (Å²) >= 11 is 0. The standard InChI is InChI=1S/C14H18N3/c1-10(2)16-9-17(11(3)4)14-7-12(8-15)5-6-13(14)16/h5-7,9-11H,1-4H3/q+1. The first-order chi connectivity index (χ1) is 8.04. The fourth-order valence-electron chi connectivity index (χ4n) is 2.10. The molecule has 0 aliphatic carbocycles. The summed E-state index contributed by atoms with van der Waals surface area (Å²) in [5.74, 6) is 0. The second kappa shape index (κ2) is 4.21. The van der Waals surface area contributed by atoms with E-state index >= 15 is 0 Å². The van der Waals surface area contributed by atoms with Crippen molar-refractivity contribution in [3.63, 3.8) is 0 Å². The Morgan fingerprint density at radius 3 is 2.47 bits per heavy atom. The Kier molecular flexibility index (Phi) is 2.89. The average Bonchev–Trinajstić information content (AvgIpc) is 2.67. The molecule has 0 aliphatic heterocycles. The van der Waals surface area contributed by atoms with Crippen molar-refractivity contribution in [3.05, 3.63) is 30.1 Å². The third-order valence-electron chi connectivity index (χ3n) is 3.02. The lowest BCUT2D eigenvalue weighted by atomic mass is 10.2. The molecule has 0 bridgehead atoms. The predicted molar refractivity (Wildman–Crippen MR) is 67.6 cm³/mol. The molecule has 0 saturated carbocycles. The molecule has 0 fully saturated rings. The number of benzene rings is 1. The normalized spacial score (nSPS) is 11.4. The van der Waals surface area contributed by atoms with Crippen LogP contribution in [-0.2, 0) is 0 Å². The zero-order valence-corrected chi connectivity index (χ0v) is 10.8. The van der Waals surface area contributed by atoms with Gasteiger partial charge in [-0.05, 0) is 39.8 Å². The fourth-order valence-corrected chi connectivity index (χ4v) is 2.10. The largest absolute Gasteiger partial charge is 0.245 e. The highest BCUT2D eigenvalue weighted by atomic mass is 15.2. The van der Waals surface area contributed by atoms with Crippen molar-refractivity contribution in [2.45, 2.75) is 39.8 Å². The number of rotatable bonds is 2. The number of nitriles is 1. The molecule has 1 aromatic heterocycles. The summed E-state index contributed by atoms with van der Waals surface area (Å²) < 4.78 is 4.46. The van der Waals surface area contributed by atoms with E-state index in [1.807, 2.05) is 18.2 Å². The van der Waals surface area contributed by atoms with Crippen LogP contribution in [0.3, 0.4) is 0 Å². The molecular formula is C14H18N3+. The summed E-state index contributed by atoms with van der Waals surface area (Å²) in [6, 6.07) is 8.90. The fraction of sp³-hybridized carbons (Fsp3) is 0.429. The molecule has 0 N–H and O–H groups in total. The molecule has 1 aromatic carbocycles. The summed E-state index contributed by atoms with van der Waals surface area (Å²) in [5.41, 5.74) is 3.04. The summed E-state index contributed by atoms with van der Waals surface area (Å²) in [5, 5.41) is 8.98. The van der Waals surface area contributed by atoms with Crippen molar-refractivity contribution in [1.29, 1.82) is 5.26 Å². The Morgan fingerprint density at radius 2 is 1.94 bits per heavy atom. The molecule has 0 aliphatic rings. The lowest BCUT2D eigenvalue weighted by molar-refractivity contribution is -0.692. The number of imidazole rings is 1. The van der Waals surface area contributed by atoms with E-state index in [1.165, 1.54) is 5.52 Å². The maximum Gasteiger partial charge on any atom is 0.245 e. The molecule has 0 unspecified atom stereocenters. The van der Waals surface area contributed by atoms with Crippen molar-refractivity contribution < 1.29 is 4.57 Å². The number of nitrogens with zero attached hydrogens (tertiary/aromatic N) is 3. The molecule has 2 aromatic rings. The van der Waals surface area contributed by atoms with Gasteiger partial charge in [0.1, 0.15) is 0 Å². The second-order valence-corrected chi connectivity index (χ2v) is 4.93. The highest BCUT2D eigenvalue weighted by Crippen LogP contribution is 2.19. The number of fused-ring (bicyclic) bond motifs is 1. The molecule has 17 heavy (non-hydrogen) atoms. The molecular weight excluding hydrogens is 210 g/mol. The lowest BCUT2D eigenvalue weighted by Crippen LogP contribution is -2.34. The Labute approximate surface area is 102 Å². The van der Waals surface area contributed by atoms with E-state index in [4.69, 9.17) is 5.26 Å². The average molecular weight is 228 g/mol. The zero-order valence-electron chi connectivity index (χ0n) is 10.8. The van der Waals surface area contributed by atoms with E-state index in [-0.39, 0.29) is 0 Å². The Balaban J connectivity index is 2.77. The van der Waals surface area contributed by atoms with Gasteiger partial charge in [-0.15, -0.1) is 0 Å². The van der Waals surface area contributed by atoms with Gasteiger partial charge in [0.05, 0.1) is 23.7 Å². The maximum atomic E-state index is 8.98. The summed E-state index contributed by atoms with van der Waals surface area (Å²) in [6.07, 6.45) is 2.14. The van der Waals surface area contributed by atoms with E-state index in [9.17, 15) is 0 Å². The van der Waals surface area contributed by atoms with Crippen LogP contribution in [0.4, 0.5) is 0 Å². The number of aromatic nitrogens is 2. The third kappa shape index (κ3) is 1.91. The van der Waals surface area contributed by atoms with Gasteiger partial charge in [0.15, 0.2) is 11.0 Å². The van der Waals surface area contributed by atoms with E-state index in [2.05, 4.69) is 49.2 Å². The van der Waals surface area contributed by atoms with E-state index in [0.717, 1.165) is 5.52 Å². The van der Waals surface area contributed by atoms with Crippen LogP contribution >= 0.6 is 0 Å². The molecule has 2 rings (SSSR count). The first kappa shape index (κ1) is 11.7. The topological polar surface area (TPSA) is 32.6 Å². The van der Waals surface area contributed by atoms with Gasteiger partial charge in [0.2, 0.25) is 6.33 Å². The molecule has 88 valence electrons. The molecule has 0 saturated heterocycles. The molecule has 0 radical (unpaired) electrons. The van der Waals surface area contributed by atoms with Crippen LogP contribution in [0.5, 0.6) is 0 Å². The summed E-state index contributed by atoms with van der Waals surface area (Å²) in [6.45, 7) is 8.65. The van der Waals surface area contributed by atoms with Gasteiger partial charge in [0, 0.05) is 6.07 Å². The van der Waals surface area contributed by atoms with E-state index < -0.39 is 0 Å². The number of hydrogen-bond acceptors (Lipinski definition) is 1. The molecule has 1 heterocycles. The van der Waals surface area contributed by atoms with Crippen molar-refractivity contribution in [2.24, 2.45) is 0 Å². The first-order valence-corrected chi connectivity index (χ1v) is 6.00. The SMILES string of the molecule is CC(C)n1c[n+](C(C)C)c2ccc(C#N)cc21. The van der Waals surface area contributed by atoms with Crippen LogP contribution in [-0.4, -0.2) is 4.57 Å². The Morgan fingerprint density at radius 1 is 1.24 bits per heavy atom. The summed E-state index contributed by atoms with van der Waals surface area (Å²) in [7, 11) is 0. The second-order valence-electron chi connectivity index (χ2n) is 4.93. The first-order valence-electron chi connectivity index (χ1n) is 6.00.